The number of hydrogen-bond donors (Lipinski definition) is 2. The van der Waals surface area contributed by atoms with E-state index >= 15 is 0 Å². The molecule has 0 saturated heterocycles. The van der Waals surface area contributed by atoms with Gasteiger partial charge >= 0.3 is 5.97 Å². The molecule has 0 rings (SSSR count). The molecule has 0 aliphatic carbocycles. The van der Waals surface area contributed by atoms with Crippen molar-refractivity contribution in [2.45, 2.75) is 239 Å². The number of carbonyl (C=O) groups is 1. The first-order valence-corrected chi connectivity index (χ1v) is 23.9. The molecular weight excluding hydrogens is 671 g/mol. The van der Waals surface area contributed by atoms with Gasteiger partial charge in [-0.3, -0.25) is 4.79 Å². The molecule has 0 fully saturated rings. The van der Waals surface area contributed by atoms with Crippen molar-refractivity contribution in [2.75, 3.05) is 39.5 Å². The molecule has 6 nitrogen and oxygen atoms in total. The number of rotatable bonds is 44. The molecule has 322 valence electrons. The minimum Gasteiger partial charge on any atom is -0.498 e. The maximum absolute atomic E-state index is 13.0. The van der Waals surface area contributed by atoms with E-state index in [4.69, 9.17) is 9.47 Å². The van der Waals surface area contributed by atoms with Crippen LogP contribution >= 0.6 is 0 Å². The van der Waals surface area contributed by atoms with Crippen molar-refractivity contribution in [1.29, 1.82) is 0 Å². The van der Waals surface area contributed by atoms with E-state index in [1.807, 2.05) is 0 Å². The number of nitrogens with zero attached hydrogens (tertiary/aromatic N) is 1. The molecule has 0 aliphatic rings. The lowest BCUT2D eigenvalue weighted by molar-refractivity contribution is -0.149. The van der Waals surface area contributed by atoms with Gasteiger partial charge in [0.25, 0.3) is 0 Å². The summed E-state index contributed by atoms with van der Waals surface area (Å²) in [4.78, 5) is 15.3. The average Bonchev–Trinajstić information content (AvgIpc) is 3.17. The van der Waals surface area contributed by atoms with Crippen molar-refractivity contribution in [3.05, 3.63) is 12.3 Å². The molecule has 0 aromatic rings. The first kappa shape index (κ1) is 52.9. The summed E-state index contributed by atoms with van der Waals surface area (Å²) in [6, 6.07) is 0. The highest BCUT2D eigenvalue weighted by molar-refractivity contribution is 5.72. The summed E-state index contributed by atoms with van der Waals surface area (Å²) in [5.41, 5.74) is 0. The van der Waals surface area contributed by atoms with Crippen LogP contribution in [0.2, 0.25) is 0 Å². The quantitative estimate of drug-likeness (QED) is 0.0365. The highest BCUT2D eigenvalue weighted by Crippen LogP contribution is 2.26. The Morgan fingerprint density at radius 2 is 0.889 bits per heavy atom. The molecule has 0 amide bonds. The second-order valence-corrected chi connectivity index (χ2v) is 16.6. The molecule has 0 aromatic heterocycles. The fraction of sp³-hybridized carbons (Fsp3) is 0.938. The Morgan fingerprint density at radius 3 is 1.43 bits per heavy atom. The Morgan fingerprint density at radius 1 is 0.500 bits per heavy atom. The van der Waals surface area contributed by atoms with Gasteiger partial charge in [-0.2, -0.15) is 0 Å². The third kappa shape index (κ3) is 34.2. The van der Waals surface area contributed by atoms with Crippen LogP contribution in [0.4, 0.5) is 0 Å². The normalized spacial score (nSPS) is 13.3. The maximum Gasteiger partial charge on any atom is 0.308 e. The van der Waals surface area contributed by atoms with E-state index in [1.54, 1.807) is 0 Å². The molecule has 0 aromatic carbocycles. The lowest BCUT2D eigenvalue weighted by atomic mass is 9.93. The van der Waals surface area contributed by atoms with Crippen LogP contribution in [0.1, 0.15) is 233 Å². The molecule has 3 unspecified atom stereocenters. The van der Waals surface area contributed by atoms with Gasteiger partial charge in [0.2, 0.25) is 0 Å². The van der Waals surface area contributed by atoms with E-state index in [0.29, 0.717) is 25.5 Å². The summed E-state index contributed by atoms with van der Waals surface area (Å²) in [7, 11) is 0. The van der Waals surface area contributed by atoms with Crippen LogP contribution < -0.4 is 0 Å². The van der Waals surface area contributed by atoms with E-state index < -0.39 is 6.10 Å². The molecule has 0 spiro atoms. The Hall–Kier alpha value is -1.11. The number of ether oxygens (including phenoxy) is 2. The molecule has 2 N–H and O–H groups in total. The van der Waals surface area contributed by atoms with Crippen LogP contribution in [0.25, 0.3) is 0 Å². The first-order valence-electron chi connectivity index (χ1n) is 23.9. The second kappa shape index (κ2) is 41.5. The zero-order valence-corrected chi connectivity index (χ0v) is 36.9. The summed E-state index contributed by atoms with van der Waals surface area (Å²) in [5, 5.41) is 20.3. The predicted molar refractivity (Wildman–Crippen MR) is 233 cm³/mol. The number of carbonyl (C=O) groups excluding carboxylic acids is 1. The molecule has 0 heterocycles. The summed E-state index contributed by atoms with van der Waals surface area (Å²) in [6.45, 7) is 17.2. The van der Waals surface area contributed by atoms with E-state index in [-0.39, 0.29) is 18.5 Å². The van der Waals surface area contributed by atoms with Gasteiger partial charge in [0.05, 0.1) is 31.0 Å². The Bertz CT molecular complexity index is 791. The molecule has 0 radical (unpaired) electrons. The summed E-state index contributed by atoms with van der Waals surface area (Å²) < 4.78 is 12.0. The van der Waals surface area contributed by atoms with Crippen molar-refractivity contribution in [3.8, 4) is 0 Å². The van der Waals surface area contributed by atoms with E-state index in [0.717, 1.165) is 96.1 Å². The topological polar surface area (TPSA) is 79.2 Å². The minimum atomic E-state index is -0.399. The standard InChI is InChI=1S/C48H95NO5/c1-6-10-14-18-20-26-34-45(33-24-16-12-8-3)44(5)53-41-30-23-22-29-38-49(39-32-40-50)43-47(51)37-28-31-42-54-48(52)46(35-25-17-13-9-4)36-27-21-19-15-11-7-2/h45-47,50-51H,5-43H2,1-4H3. The van der Waals surface area contributed by atoms with E-state index in [1.165, 1.54) is 128 Å². The van der Waals surface area contributed by atoms with Gasteiger partial charge in [0.15, 0.2) is 0 Å². The maximum atomic E-state index is 13.0. The van der Waals surface area contributed by atoms with Crippen LogP contribution in [0.15, 0.2) is 12.3 Å². The highest BCUT2D eigenvalue weighted by atomic mass is 16.5. The smallest absolute Gasteiger partial charge is 0.308 e. The van der Waals surface area contributed by atoms with Crippen molar-refractivity contribution in [3.63, 3.8) is 0 Å². The van der Waals surface area contributed by atoms with Crippen molar-refractivity contribution in [1.82, 2.24) is 4.90 Å². The molecule has 0 aliphatic heterocycles. The van der Waals surface area contributed by atoms with Crippen molar-refractivity contribution < 1.29 is 24.5 Å². The lowest BCUT2D eigenvalue weighted by Crippen LogP contribution is -2.34. The second-order valence-electron chi connectivity index (χ2n) is 16.6. The van der Waals surface area contributed by atoms with E-state index in [2.05, 4.69) is 39.2 Å². The van der Waals surface area contributed by atoms with Gasteiger partial charge in [-0.05, 0) is 70.8 Å². The van der Waals surface area contributed by atoms with Gasteiger partial charge in [0.1, 0.15) is 0 Å². The molecule has 6 heteroatoms. The van der Waals surface area contributed by atoms with Crippen LogP contribution in [-0.4, -0.2) is 66.6 Å². The van der Waals surface area contributed by atoms with Gasteiger partial charge in [-0.15, -0.1) is 0 Å². The predicted octanol–water partition coefficient (Wildman–Crippen LogP) is 13.5. The van der Waals surface area contributed by atoms with Crippen molar-refractivity contribution >= 4 is 5.97 Å². The van der Waals surface area contributed by atoms with Gasteiger partial charge in [-0.1, -0.05) is 176 Å². The number of esters is 1. The number of aliphatic hydroxyl groups is 2. The molecule has 54 heavy (non-hydrogen) atoms. The third-order valence-corrected chi connectivity index (χ3v) is 11.3. The molecule has 0 bridgehead atoms. The molecule has 3 atom stereocenters. The van der Waals surface area contributed by atoms with Gasteiger partial charge < -0.3 is 24.6 Å². The largest absolute Gasteiger partial charge is 0.498 e. The minimum absolute atomic E-state index is 0.00206. The lowest BCUT2D eigenvalue weighted by Gasteiger charge is -2.25. The molecular formula is C48H95NO5. The van der Waals surface area contributed by atoms with Gasteiger partial charge in [0, 0.05) is 25.6 Å². The number of hydrogen-bond acceptors (Lipinski definition) is 6. The number of unbranched alkanes of at least 4 members (excludes halogenated alkanes) is 20. The Kier molecular flexibility index (Phi) is 40.7. The number of aliphatic hydroxyl groups excluding tert-OH is 2. The summed E-state index contributed by atoms with van der Waals surface area (Å²) in [6.07, 6.45) is 37.0. The zero-order chi connectivity index (χ0) is 39.7. The highest BCUT2D eigenvalue weighted by Gasteiger charge is 2.20. The van der Waals surface area contributed by atoms with Crippen LogP contribution in [-0.2, 0) is 14.3 Å². The number of allylic oxidation sites excluding steroid dienone is 1. The van der Waals surface area contributed by atoms with Crippen molar-refractivity contribution in [2.24, 2.45) is 11.8 Å². The molecule has 0 saturated carbocycles. The zero-order valence-electron chi connectivity index (χ0n) is 36.9. The third-order valence-electron chi connectivity index (χ3n) is 11.3. The van der Waals surface area contributed by atoms with Crippen LogP contribution in [0.3, 0.4) is 0 Å². The Balaban J connectivity index is 4.41. The fourth-order valence-corrected chi connectivity index (χ4v) is 7.69. The summed E-state index contributed by atoms with van der Waals surface area (Å²) in [5.74, 6) is 1.57. The first-order chi connectivity index (χ1) is 26.4. The van der Waals surface area contributed by atoms with Gasteiger partial charge in [-0.25, -0.2) is 0 Å². The monoisotopic (exact) mass is 766 g/mol. The SMILES string of the molecule is C=C(OCCCCCCN(CCCO)CC(O)CCCCOC(=O)C(CCCCCC)CCCCCCCC)C(CCCCCC)CCCCCCCC. The van der Waals surface area contributed by atoms with Crippen LogP contribution in [0.5, 0.6) is 0 Å². The van der Waals surface area contributed by atoms with E-state index in [9.17, 15) is 15.0 Å². The fourth-order valence-electron chi connectivity index (χ4n) is 7.69. The summed E-state index contributed by atoms with van der Waals surface area (Å²) >= 11 is 0. The Labute approximate surface area is 337 Å². The van der Waals surface area contributed by atoms with Crippen LogP contribution in [0, 0.1) is 11.8 Å². The average molecular weight is 766 g/mol.